The van der Waals surface area contributed by atoms with Crippen LogP contribution in [0.25, 0.3) is 0 Å². The maximum Gasteiger partial charge on any atom is 0.257 e. The van der Waals surface area contributed by atoms with Crippen LogP contribution in [0.4, 0.5) is 5.82 Å². The van der Waals surface area contributed by atoms with Gasteiger partial charge in [-0.2, -0.15) is 5.10 Å². The minimum Gasteiger partial charge on any atom is -0.334 e. The summed E-state index contributed by atoms with van der Waals surface area (Å²) in [5, 5.41) is 4.24. The van der Waals surface area contributed by atoms with Gasteiger partial charge in [-0.15, -0.1) is 0 Å². The molecule has 0 bridgehead atoms. The van der Waals surface area contributed by atoms with Crippen LogP contribution in [0.2, 0.25) is 0 Å². The van der Waals surface area contributed by atoms with Crippen molar-refractivity contribution in [3.63, 3.8) is 0 Å². The Bertz CT molecular complexity index is 946. The van der Waals surface area contributed by atoms with Crippen LogP contribution in [0, 0.1) is 19.8 Å². The van der Waals surface area contributed by atoms with E-state index in [1.165, 1.54) is 12.8 Å². The van der Waals surface area contributed by atoms with E-state index in [0.29, 0.717) is 35.8 Å². The van der Waals surface area contributed by atoms with Crippen LogP contribution in [0.5, 0.6) is 0 Å². The summed E-state index contributed by atoms with van der Waals surface area (Å²) in [6.07, 6.45) is 5.28. The van der Waals surface area contributed by atoms with Crippen LogP contribution >= 0.6 is 0 Å². The number of aryl methyl sites for hydroxylation is 3. The second kappa shape index (κ2) is 7.00. The summed E-state index contributed by atoms with van der Waals surface area (Å²) in [7, 11) is 3.53. The Morgan fingerprint density at radius 1 is 1.21 bits per heavy atom. The van der Waals surface area contributed by atoms with Gasteiger partial charge in [0.1, 0.15) is 11.6 Å². The second-order valence-corrected chi connectivity index (χ2v) is 7.94. The van der Waals surface area contributed by atoms with Gasteiger partial charge in [0.25, 0.3) is 5.91 Å². The lowest BCUT2D eigenvalue weighted by molar-refractivity contribution is -0.119. The lowest BCUT2D eigenvalue weighted by Crippen LogP contribution is -2.38. The van der Waals surface area contributed by atoms with Crippen LogP contribution in [-0.2, 0) is 24.8 Å². The van der Waals surface area contributed by atoms with E-state index in [0.717, 1.165) is 23.6 Å². The Labute approximate surface area is 164 Å². The number of aromatic nitrogens is 4. The zero-order chi connectivity index (χ0) is 20.0. The van der Waals surface area contributed by atoms with Crippen molar-refractivity contribution in [2.45, 2.75) is 46.1 Å². The Hall–Kier alpha value is -2.77. The Morgan fingerprint density at radius 3 is 2.61 bits per heavy atom. The summed E-state index contributed by atoms with van der Waals surface area (Å²) < 4.78 is 1.64. The fourth-order valence-electron chi connectivity index (χ4n) is 3.76. The molecule has 1 saturated carbocycles. The van der Waals surface area contributed by atoms with Crippen LogP contribution in [0.3, 0.4) is 0 Å². The molecular weight excluding hydrogens is 356 g/mol. The third kappa shape index (κ3) is 3.50. The summed E-state index contributed by atoms with van der Waals surface area (Å²) in [6, 6.07) is 0. The first-order valence-corrected chi connectivity index (χ1v) is 9.76. The van der Waals surface area contributed by atoms with Crippen molar-refractivity contribution < 1.29 is 9.59 Å². The number of hydrogen-bond donors (Lipinski definition) is 0. The summed E-state index contributed by atoms with van der Waals surface area (Å²) in [4.78, 5) is 38.0. The van der Waals surface area contributed by atoms with E-state index in [-0.39, 0.29) is 18.4 Å². The van der Waals surface area contributed by atoms with Gasteiger partial charge in [-0.1, -0.05) is 0 Å². The Balaban J connectivity index is 1.59. The highest BCUT2D eigenvalue weighted by atomic mass is 16.2. The molecule has 0 radical (unpaired) electrons. The number of hydrogen-bond acceptors (Lipinski definition) is 5. The first-order valence-electron chi connectivity index (χ1n) is 9.76. The van der Waals surface area contributed by atoms with Gasteiger partial charge in [-0.3, -0.25) is 19.2 Å². The molecule has 0 atom stereocenters. The largest absolute Gasteiger partial charge is 0.334 e. The number of amides is 2. The summed E-state index contributed by atoms with van der Waals surface area (Å²) in [5.74, 6) is 1.91. The molecular formula is C20H26N6O2. The van der Waals surface area contributed by atoms with Crippen LogP contribution in [0.15, 0.2) is 6.20 Å². The third-order valence-corrected chi connectivity index (χ3v) is 5.49. The van der Waals surface area contributed by atoms with E-state index in [2.05, 4.69) is 10.1 Å². The van der Waals surface area contributed by atoms with E-state index in [4.69, 9.17) is 4.98 Å². The van der Waals surface area contributed by atoms with E-state index in [1.54, 1.807) is 29.9 Å². The van der Waals surface area contributed by atoms with Crippen LogP contribution in [0.1, 0.15) is 52.4 Å². The van der Waals surface area contributed by atoms with Crippen LogP contribution in [-0.4, -0.2) is 50.1 Å². The molecule has 2 aromatic rings. The fraction of sp³-hybridized carbons (Fsp3) is 0.550. The zero-order valence-electron chi connectivity index (χ0n) is 16.9. The fourth-order valence-corrected chi connectivity index (χ4v) is 3.76. The maximum atomic E-state index is 12.8. The highest BCUT2D eigenvalue weighted by Gasteiger charge is 2.33. The monoisotopic (exact) mass is 382 g/mol. The normalized spacial score (nSPS) is 16.3. The van der Waals surface area contributed by atoms with Crippen molar-refractivity contribution >= 4 is 17.6 Å². The third-order valence-electron chi connectivity index (χ3n) is 5.49. The maximum absolute atomic E-state index is 12.8. The van der Waals surface area contributed by atoms with Crippen molar-refractivity contribution in [2.24, 2.45) is 13.0 Å². The summed E-state index contributed by atoms with van der Waals surface area (Å²) in [6.45, 7) is 4.81. The lowest BCUT2D eigenvalue weighted by atomic mass is 10.0. The van der Waals surface area contributed by atoms with Crippen molar-refractivity contribution in [2.75, 3.05) is 18.5 Å². The van der Waals surface area contributed by atoms with Gasteiger partial charge < -0.3 is 4.90 Å². The average molecular weight is 382 g/mol. The molecule has 2 amide bonds. The molecule has 0 N–H and O–H groups in total. The van der Waals surface area contributed by atoms with Gasteiger partial charge in [0.05, 0.1) is 17.8 Å². The second-order valence-electron chi connectivity index (χ2n) is 7.94. The number of rotatable bonds is 5. The molecule has 0 unspecified atom stereocenters. The topological polar surface area (TPSA) is 84.2 Å². The highest BCUT2D eigenvalue weighted by molar-refractivity contribution is 5.96. The number of carbonyl (C=O) groups excluding carboxylic acids is 2. The predicted molar refractivity (Wildman–Crippen MR) is 104 cm³/mol. The number of carbonyl (C=O) groups is 2. The molecule has 0 saturated heterocycles. The van der Waals surface area contributed by atoms with Gasteiger partial charge in [0, 0.05) is 44.5 Å². The highest BCUT2D eigenvalue weighted by Crippen LogP contribution is 2.35. The smallest absolute Gasteiger partial charge is 0.257 e. The molecule has 3 heterocycles. The van der Waals surface area contributed by atoms with Crippen molar-refractivity contribution in [3.8, 4) is 0 Å². The summed E-state index contributed by atoms with van der Waals surface area (Å²) >= 11 is 0. The molecule has 2 aliphatic rings. The molecule has 1 fully saturated rings. The molecule has 148 valence electrons. The first-order chi connectivity index (χ1) is 13.3. The van der Waals surface area contributed by atoms with Crippen molar-refractivity contribution in [3.05, 3.63) is 34.5 Å². The summed E-state index contributed by atoms with van der Waals surface area (Å²) in [5.41, 5.74) is 3.22. The average Bonchev–Trinajstić information content (AvgIpc) is 3.39. The van der Waals surface area contributed by atoms with E-state index >= 15 is 0 Å². The molecule has 4 rings (SSSR count). The standard InChI is InChI=1S/C20H26N6O2/c1-12-15-7-8-18(27)26(9-14-5-6-14)19(15)22-17(21-12)11-24(3)20(28)16-10-25(4)23-13(16)2/h10,14H,5-9,11H2,1-4H3. The molecule has 0 aromatic carbocycles. The minimum atomic E-state index is -0.115. The van der Waals surface area contributed by atoms with Gasteiger partial charge in [-0.25, -0.2) is 9.97 Å². The minimum absolute atomic E-state index is 0.115. The van der Waals surface area contributed by atoms with E-state index in [1.807, 2.05) is 18.7 Å². The lowest BCUT2D eigenvalue weighted by Gasteiger charge is -2.29. The van der Waals surface area contributed by atoms with Gasteiger partial charge >= 0.3 is 0 Å². The molecule has 2 aromatic heterocycles. The molecule has 8 nitrogen and oxygen atoms in total. The van der Waals surface area contributed by atoms with E-state index < -0.39 is 0 Å². The molecule has 8 heteroatoms. The zero-order valence-corrected chi connectivity index (χ0v) is 16.9. The Morgan fingerprint density at radius 2 is 1.96 bits per heavy atom. The van der Waals surface area contributed by atoms with Gasteiger partial charge in [-0.05, 0) is 39.0 Å². The van der Waals surface area contributed by atoms with Gasteiger partial charge in [0.15, 0.2) is 0 Å². The number of anilines is 1. The molecule has 1 aliphatic carbocycles. The van der Waals surface area contributed by atoms with Crippen molar-refractivity contribution in [1.29, 1.82) is 0 Å². The number of nitrogens with zero attached hydrogens (tertiary/aromatic N) is 6. The number of fused-ring (bicyclic) bond motifs is 1. The first kappa shape index (κ1) is 18.6. The van der Waals surface area contributed by atoms with Crippen molar-refractivity contribution in [1.82, 2.24) is 24.6 Å². The van der Waals surface area contributed by atoms with E-state index in [9.17, 15) is 9.59 Å². The molecule has 28 heavy (non-hydrogen) atoms. The SMILES string of the molecule is Cc1nn(C)cc1C(=O)N(C)Cc1nc(C)c2c(n1)N(CC1CC1)C(=O)CC2. The predicted octanol–water partition coefficient (Wildman–Crippen LogP) is 1.79. The molecule has 1 aliphatic heterocycles. The molecule has 0 spiro atoms. The van der Waals surface area contributed by atoms with Crippen LogP contribution < -0.4 is 4.90 Å². The van der Waals surface area contributed by atoms with Gasteiger partial charge in [0.2, 0.25) is 5.91 Å². The quantitative estimate of drug-likeness (QED) is 0.787. The Kier molecular flexibility index (Phi) is 4.64.